The Morgan fingerprint density at radius 1 is 1.26 bits per heavy atom. The first-order valence-electron chi connectivity index (χ1n) is 7.28. The van der Waals surface area contributed by atoms with Gasteiger partial charge in [-0.05, 0) is 60.8 Å². The molecule has 0 amide bonds. The Hall–Kier alpha value is -0.670. The summed E-state index contributed by atoms with van der Waals surface area (Å²) in [7, 11) is 0. The van der Waals surface area contributed by atoms with E-state index in [9.17, 15) is 5.11 Å². The molecule has 1 unspecified atom stereocenters. The predicted molar refractivity (Wildman–Crippen MR) is 81.9 cm³/mol. The van der Waals surface area contributed by atoms with Gasteiger partial charge in [0.25, 0.3) is 0 Å². The number of ether oxygens (including phenoxy) is 1. The van der Waals surface area contributed by atoms with Crippen LogP contribution in [0.15, 0.2) is 24.3 Å². The normalized spacial score (nSPS) is 18.2. The van der Waals surface area contributed by atoms with E-state index < -0.39 is 0 Å². The molecule has 0 radical (unpaired) electrons. The third-order valence-corrected chi connectivity index (χ3v) is 4.68. The van der Waals surface area contributed by atoms with Crippen LogP contribution in [0.2, 0.25) is 0 Å². The topological polar surface area (TPSA) is 29.5 Å². The summed E-state index contributed by atoms with van der Waals surface area (Å²) in [5.41, 5.74) is 1.02. The summed E-state index contributed by atoms with van der Waals surface area (Å²) in [6.45, 7) is 2.85. The van der Waals surface area contributed by atoms with Crippen molar-refractivity contribution in [3.63, 3.8) is 0 Å². The van der Waals surface area contributed by atoms with Gasteiger partial charge in [-0.1, -0.05) is 19.1 Å². The lowest BCUT2D eigenvalue weighted by Gasteiger charge is -2.24. The molecule has 0 bridgehead atoms. The molecule has 1 saturated heterocycles. The summed E-state index contributed by atoms with van der Waals surface area (Å²) >= 11 is 2.03. The molecule has 19 heavy (non-hydrogen) atoms. The van der Waals surface area contributed by atoms with Crippen LogP contribution in [0.1, 0.15) is 44.3 Å². The van der Waals surface area contributed by atoms with E-state index >= 15 is 0 Å². The van der Waals surface area contributed by atoms with Gasteiger partial charge in [-0.2, -0.15) is 11.8 Å². The van der Waals surface area contributed by atoms with Crippen LogP contribution in [0.25, 0.3) is 0 Å². The number of hydrogen-bond acceptors (Lipinski definition) is 3. The van der Waals surface area contributed by atoms with E-state index in [0.717, 1.165) is 30.8 Å². The summed E-state index contributed by atoms with van der Waals surface area (Å²) in [6, 6.07) is 7.91. The number of rotatable bonds is 6. The maximum atomic E-state index is 10.3. The molecule has 1 fully saturated rings. The second-order valence-electron chi connectivity index (χ2n) is 5.22. The average molecular weight is 280 g/mol. The highest BCUT2D eigenvalue weighted by molar-refractivity contribution is 7.99. The van der Waals surface area contributed by atoms with E-state index in [-0.39, 0.29) is 6.10 Å². The summed E-state index contributed by atoms with van der Waals surface area (Å²) in [6.07, 6.45) is 4.09. The molecular weight excluding hydrogens is 256 g/mol. The molecule has 3 heteroatoms. The summed E-state index contributed by atoms with van der Waals surface area (Å²) in [4.78, 5) is 0. The fourth-order valence-electron chi connectivity index (χ4n) is 2.44. The van der Waals surface area contributed by atoms with Crippen molar-refractivity contribution in [2.75, 3.05) is 18.1 Å². The van der Waals surface area contributed by atoms with Crippen molar-refractivity contribution in [1.29, 1.82) is 0 Å². The standard InChI is InChI=1S/C16H24O2S/c1-2-9-18-15-5-3-14(4-6-15)16(17)12-13-7-10-19-11-8-13/h3-6,13,16-17H,2,7-12H2,1H3. The maximum absolute atomic E-state index is 10.3. The van der Waals surface area contributed by atoms with Crippen molar-refractivity contribution < 1.29 is 9.84 Å². The monoisotopic (exact) mass is 280 g/mol. The number of aliphatic hydroxyl groups excluding tert-OH is 1. The molecule has 1 atom stereocenters. The minimum Gasteiger partial charge on any atom is -0.494 e. The van der Waals surface area contributed by atoms with Crippen molar-refractivity contribution in [3.8, 4) is 5.75 Å². The second-order valence-corrected chi connectivity index (χ2v) is 6.45. The van der Waals surface area contributed by atoms with Crippen LogP contribution in [-0.4, -0.2) is 23.2 Å². The van der Waals surface area contributed by atoms with Crippen molar-refractivity contribution in [3.05, 3.63) is 29.8 Å². The lowest BCUT2D eigenvalue weighted by Crippen LogP contribution is -2.13. The SMILES string of the molecule is CCCOc1ccc(C(O)CC2CCSCC2)cc1. The molecule has 106 valence electrons. The number of aliphatic hydroxyl groups is 1. The Balaban J connectivity index is 1.85. The van der Waals surface area contributed by atoms with Gasteiger partial charge in [0.1, 0.15) is 5.75 Å². The fourth-order valence-corrected chi connectivity index (χ4v) is 3.64. The molecule has 2 nitrogen and oxygen atoms in total. The van der Waals surface area contributed by atoms with Gasteiger partial charge in [0, 0.05) is 0 Å². The van der Waals surface area contributed by atoms with Crippen LogP contribution in [-0.2, 0) is 0 Å². The zero-order chi connectivity index (χ0) is 13.5. The first kappa shape index (κ1) is 14.7. The Morgan fingerprint density at radius 2 is 1.95 bits per heavy atom. The van der Waals surface area contributed by atoms with Crippen molar-refractivity contribution in [1.82, 2.24) is 0 Å². The molecule has 0 saturated carbocycles. The van der Waals surface area contributed by atoms with E-state index in [4.69, 9.17) is 4.74 Å². The largest absolute Gasteiger partial charge is 0.494 e. The third-order valence-electron chi connectivity index (χ3n) is 3.64. The molecule has 1 heterocycles. The van der Waals surface area contributed by atoms with Crippen LogP contribution in [0, 0.1) is 5.92 Å². The number of thioether (sulfide) groups is 1. The average Bonchev–Trinajstić information content (AvgIpc) is 2.46. The lowest BCUT2D eigenvalue weighted by atomic mass is 9.92. The lowest BCUT2D eigenvalue weighted by molar-refractivity contribution is 0.141. The summed E-state index contributed by atoms with van der Waals surface area (Å²) < 4.78 is 5.56. The van der Waals surface area contributed by atoms with Gasteiger partial charge in [0.15, 0.2) is 0 Å². The molecular formula is C16H24O2S. The molecule has 2 rings (SSSR count). The number of hydrogen-bond donors (Lipinski definition) is 1. The second kappa shape index (κ2) is 7.81. The molecule has 1 N–H and O–H groups in total. The van der Waals surface area contributed by atoms with Crippen LogP contribution in [0.3, 0.4) is 0 Å². The smallest absolute Gasteiger partial charge is 0.119 e. The maximum Gasteiger partial charge on any atom is 0.119 e. The summed E-state index contributed by atoms with van der Waals surface area (Å²) in [5, 5.41) is 10.3. The van der Waals surface area contributed by atoms with Crippen LogP contribution < -0.4 is 4.74 Å². The first-order chi connectivity index (χ1) is 9.29. The van der Waals surface area contributed by atoms with Crippen LogP contribution in [0.5, 0.6) is 5.75 Å². The zero-order valence-corrected chi connectivity index (χ0v) is 12.5. The Morgan fingerprint density at radius 3 is 2.58 bits per heavy atom. The van der Waals surface area contributed by atoms with E-state index in [1.54, 1.807) is 0 Å². The molecule has 0 aliphatic carbocycles. The van der Waals surface area contributed by atoms with E-state index in [2.05, 4.69) is 6.92 Å². The van der Waals surface area contributed by atoms with Gasteiger partial charge in [-0.15, -0.1) is 0 Å². The van der Waals surface area contributed by atoms with Crippen molar-refractivity contribution in [2.24, 2.45) is 5.92 Å². The molecule has 1 aromatic rings. The molecule has 0 aromatic heterocycles. The zero-order valence-electron chi connectivity index (χ0n) is 11.7. The van der Waals surface area contributed by atoms with E-state index in [1.807, 2.05) is 36.0 Å². The van der Waals surface area contributed by atoms with Crippen LogP contribution >= 0.6 is 11.8 Å². The quantitative estimate of drug-likeness (QED) is 0.852. The van der Waals surface area contributed by atoms with Gasteiger partial charge < -0.3 is 9.84 Å². The van der Waals surface area contributed by atoms with Crippen LogP contribution in [0.4, 0.5) is 0 Å². The predicted octanol–water partition coefficient (Wildman–Crippen LogP) is 4.04. The van der Waals surface area contributed by atoms with Gasteiger partial charge in [0.2, 0.25) is 0 Å². The molecule has 1 aromatic carbocycles. The Kier molecular flexibility index (Phi) is 6.05. The van der Waals surface area contributed by atoms with Gasteiger partial charge in [-0.25, -0.2) is 0 Å². The Labute approximate surface area is 120 Å². The molecule has 1 aliphatic rings. The van der Waals surface area contributed by atoms with E-state index in [1.165, 1.54) is 24.3 Å². The first-order valence-corrected chi connectivity index (χ1v) is 8.43. The highest BCUT2D eigenvalue weighted by atomic mass is 32.2. The molecule has 1 aliphatic heterocycles. The van der Waals surface area contributed by atoms with Gasteiger partial charge in [0.05, 0.1) is 12.7 Å². The fraction of sp³-hybridized carbons (Fsp3) is 0.625. The highest BCUT2D eigenvalue weighted by Crippen LogP contribution is 2.31. The van der Waals surface area contributed by atoms with Crippen molar-refractivity contribution >= 4 is 11.8 Å². The minimum atomic E-state index is -0.326. The summed E-state index contributed by atoms with van der Waals surface area (Å²) in [5.74, 6) is 4.08. The van der Waals surface area contributed by atoms with E-state index in [0.29, 0.717) is 5.92 Å². The van der Waals surface area contributed by atoms with Gasteiger partial charge >= 0.3 is 0 Å². The molecule has 0 spiro atoms. The van der Waals surface area contributed by atoms with Gasteiger partial charge in [-0.3, -0.25) is 0 Å². The Bertz CT molecular complexity index is 358. The highest BCUT2D eigenvalue weighted by Gasteiger charge is 2.18. The third kappa shape index (κ3) is 4.73. The van der Waals surface area contributed by atoms with Crippen molar-refractivity contribution in [2.45, 2.75) is 38.7 Å². The minimum absolute atomic E-state index is 0.326. The number of benzene rings is 1.